The smallest absolute Gasteiger partial charge is 0.374 e. The number of pyridine rings is 1. The van der Waals surface area contributed by atoms with Crippen molar-refractivity contribution in [2.75, 3.05) is 0 Å². The molecular weight excluding hydrogens is 412 g/mol. The van der Waals surface area contributed by atoms with E-state index >= 15 is 0 Å². The molecule has 28 heavy (non-hydrogen) atoms. The summed E-state index contributed by atoms with van der Waals surface area (Å²) in [5.41, 5.74) is 0.366. The average Bonchev–Trinajstić information content (AvgIpc) is 2.99. The summed E-state index contributed by atoms with van der Waals surface area (Å²) < 4.78 is 46.0. The highest BCUT2D eigenvalue weighted by Crippen LogP contribution is 2.79. The third kappa shape index (κ3) is 3.09. The van der Waals surface area contributed by atoms with Gasteiger partial charge in [0.15, 0.2) is 11.5 Å². The topological polar surface area (TPSA) is 145 Å². The number of rotatable bonds is 3. The lowest BCUT2D eigenvalue weighted by atomic mass is 10.2. The summed E-state index contributed by atoms with van der Waals surface area (Å²) in [6.45, 7) is 3.50. The lowest BCUT2D eigenvalue weighted by Crippen LogP contribution is -2.37. The summed E-state index contributed by atoms with van der Waals surface area (Å²) in [7, 11) is -10.1. The van der Waals surface area contributed by atoms with E-state index in [-0.39, 0.29) is 22.8 Å². The van der Waals surface area contributed by atoms with Gasteiger partial charge in [0, 0.05) is 24.4 Å². The van der Waals surface area contributed by atoms with Gasteiger partial charge < -0.3 is 24.4 Å². The van der Waals surface area contributed by atoms with E-state index in [1.807, 2.05) is 0 Å². The molecule has 1 aromatic heterocycles. The fourth-order valence-electron chi connectivity index (χ4n) is 2.81. The molecule has 2 aromatic rings. The molecule has 0 aliphatic carbocycles. The molecule has 0 amide bonds. The SMILES string of the molecule is C=C1Oc2ccc(C3OP(=O)(O)C(O)(Cc4cccnc4)P(=O)(O)O3)cc2O1. The van der Waals surface area contributed by atoms with Crippen LogP contribution in [0.5, 0.6) is 11.5 Å². The lowest BCUT2D eigenvalue weighted by Gasteiger charge is -2.41. The lowest BCUT2D eigenvalue weighted by molar-refractivity contribution is -0.0579. The molecule has 3 N–H and O–H groups in total. The van der Waals surface area contributed by atoms with Gasteiger partial charge in [0.05, 0.1) is 0 Å². The van der Waals surface area contributed by atoms with E-state index in [0.717, 1.165) is 0 Å². The number of aromatic nitrogens is 1. The molecule has 12 heteroatoms. The van der Waals surface area contributed by atoms with Crippen molar-refractivity contribution in [3.63, 3.8) is 0 Å². The molecule has 1 aromatic carbocycles. The number of hydrogen-bond donors (Lipinski definition) is 3. The molecule has 0 bridgehead atoms. The van der Waals surface area contributed by atoms with Gasteiger partial charge in [-0.05, 0) is 36.4 Å². The molecule has 0 radical (unpaired) electrons. The highest BCUT2D eigenvalue weighted by Gasteiger charge is 2.67. The van der Waals surface area contributed by atoms with Gasteiger partial charge in [-0.1, -0.05) is 6.07 Å². The molecule has 1 fully saturated rings. The van der Waals surface area contributed by atoms with Gasteiger partial charge in [-0.3, -0.25) is 23.2 Å². The molecule has 3 heterocycles. The van der Waals surface area contributed by atoms with Crippen molar-refractivity contribution in [3.8, 4) is 11.5 Å². The molecule has 0 spiro atoms. The van der Waals surface area contributed by atoms with E-state index in [0.29, 0.717) is 5.75 Å². The van der Waals surface area contributed by atoms with Crippen molar-refractivity contribution in [3.05, 3.63) is 66.4 Å². The Morgan fingerprint density at radius 2 is 1.79 bits per heavy atom. The Hall–Kier alpha value is -2.03. The minimum Gasteiger partial charge on any atom is -0.422 e. The Bertz CT molecular complexity index is 1020. The van der Waals surface area contributed by atoms with E-state index in [4.69, 9.17) is 18.5 Å². The van der Waals surface area contributed by atoms with Crippen LogP contribution in [0.1, 0.15) is 17.4 Å². The Morgan fingerprint density at radius 3 is 2.43 bits per heavy atom. The summed E-state index contributed by atoms with van der Waals surface area (Å²) in [5.74, 6) is 0.604. The minimum absolute atomic E-state index is 0.0316. The normalized spacial score (nSPS) is 34.4. The van der Waals surface area contributed by atoms with E-state index < -0.39 is 33.0 Å². The van der Waals surface area contributed by atoms with Crippen LogP contribution in [0.15, 0.2) is 55.2 Å². The first-order valence-electron chi connectivity index (χ1n) is 7.94. The summed E-state index contributed by atoms with van der Waals surface area (Å²) in [4.78, 5) is 24.5. The monoisotopic (exact) mass is 427 g/mol. The van der Waals surface area contributed by atoms with Crippen LogP contribution in [0.3, 0.4) is 0 Å². The van der Waals surface area contributed by atoms with Crippen LogP contribution in [0, 0.1) is 0 Å². The van der Waals surface area contributed by atoms with E-state index in [1.54, 1.807) is 0 Å². The first-order chi connectivity index (χ1) is 13.1. The largest absolute Gasteiger partial charge is 0.422 e. The minimum atomic E-state index is -5.05. The first-order valence-corrected chi connectivity index (χ1v) is 11.1. The van der Waals surface area contributed by atoms with Crippen LogP contribution in [0.25, 0.3) is 0 Å². The van der Waals surface area contributed by atoms with Crippen LogP contribution in [0.4, 0.5) is 0 Å². The van der Waals surface area contributed by atoms with Crippen LogP contribution < -0.4 is 9.47 Å². The van der Waals surface area contributed by atoms with Crippen molar-refractivity contribution < 1.29 is 42.5 Å². The molecular formula is C16H15NO9P2. The Morgan fingerprint density at radius 1 is 1.11 bits per heavy atom. The second-order valence-electron chi connectivity index (χ2n) is 6.18. The van der Waals surface area contributed by atoms with Crippen molar-refractivity contribution in [1.82, 2.24) is 4.98 Å². The molecule has 2 aliphatic heterocycles. The summed E-state index contributed by atoms with van der Waals surface area (Å²) in [5, 5.41) is 7.62. The zero-order chi connectivity index (χ0) is 20.2. The molecule has 10 nitrogen and oxygen atoms in total. The highest BCUT2D eigenvalue weighted by molar-refractivity contribution is 7.73. The predicted octanol–water partition coefficient (Wildman–Crippen LogP) is 2.63. The maximum Gasteiger partial charge on any atom is 0.374 e. The molecule has 148 valence electrons. The van der Waals surface area contributed by atoms with Crippen LogP contribution >= 0.6 is 15.2 Å². The van der Waals surface area contributed by atoms with Crippen LogP contribution in [-0.2, 0) is 24.6 Å². The second kappa shape index (κ2) is 6.50. The molecule has 2 atom stereocenters. The van der Waals surface area contributed by atoms with Crippen LogP contribution in [-0.4, -0.2) is 25.0 Å². The predicted molar refractivity (Wildman–Crippen MR) is 94.3 cm³/mol. The van der Waals surface area contributed by atoms with E-state index in [2.05, 4.69) is 11.6 Å². The van der Waals surface area contributed by atoms with Crippen molar-refractivity contribution in [1.29, 1.82) is 0 Å². The number of fused-ring (bicyclic) bond motifs is 1. The second-order valence-corrected chi connectivity index (χ2v) is 10.5. The fourth-order valence-corrected chi connectivity index (χ4v) is 6.39. The highest BCUT2D eigenvalue weighted by atomic mass is 31.2. The van der Waals surface area contributed by atoms with Crippen molar-refractivity contribution in [2.45, 2.75) is 17.8 Å². The average molecular weight is 427 g/mol. The number of aliphatic hydroxyl groups is 1. The summed E-state index contributed by atoms with van der Waals surface area (Å²) >= 11 is 0. The summed E-state index contributed by atoms with van der Waals surface area (Å²) in [6, 6.07) is 7.19. The maximum absolute atomic E-state index is 12.8. The van der Waals surface area contributed by atoms with Gasteiger partial charge in [0.25, 0.3) is 11.0 Å². The number of benzene rings is 1. The van der Waals surface area contributed by atoms with Crippen LogP contribution in [0.2, 0.25) is 0 Å². The van der Waals surface area contributed by atoms with Gasteiger partial charge in [-0.25, -0.2) is 0 Å². The van der Waals surface area contributed by atoms with E-state index in [9.17, 15) is 24.0 Å². The molecule has 0 saturated carbocycles. The number of nitrogens with zero attached hydrogens (tertiary/aromatic N) is 1. The third-order valence-electron chi connectivity index (χ3n) is 4.23. The maximum atomic E-state index is 12.8. The van der Waals surface area contributed by atoms with Gasteiger partial charge in [-0.15, -0.1) is 0 Å². The molecule has 4 rings (SSSR count). The zero-order valence-corrected chi connectivity index (χ0v) is 16.0. The third-order valence-corrected chi connectivity index (χ3v) is 8.83. The van der Waals surface area contributed by atoms with Gasteiger partial charge in [-0.2, -0.15) is 0 Å². The van der Waals surface area contributed by atoms with Gasteiger partial charge >= 0.3 is 15.2 Å². The Balaban J connectivity index is 1.67. The zero-order valence-electron chi connectivity index (χ0n) is 14.2. The Labute approximate surface area is 159 Å². The number of ether oxygens (including phenoxy) is 2. The molecule has 2 unspecified atom stereocenters. The molecule has 1 saturated heterocycles. The van der Waals surface area contributed by atoms with Gasteiger partial charge in [0.2, 0.25) is 6.29 Å². The molecule has 2 aliphatic rings. The number of hydrogen-bond acceptors (Lipinski definition) is 8. The first kappa shape index (κ1) is 19.3. The van der Waals surface area contributed by atoms with E-state index in [1.165, 1.54) is 42.7 Å². The van der Waals surface area contributed by atoms with Crippen molar-refractivity contribution in [2.24, 2.45) is 0 Å². The summed E-state index contributed by atoms with van der Waals surface area (Å²) in [6.07, 6.45) is 0.372. The quantitative estimate of drug-likeness (QED) is 0.625. The van der Waals surface area contributed by atoms with Crippen molar-refractivity contribution >= 4 is 15.2 Å². The Kier molecular flexibility index (Phi) is 4.48. The standard InChI is InChI=1S/C16H15NO9P2/c1-10-23-13-5-4-12(7-14(13)24-10)15-25-27(19,20)16(18,28(21,22)26-15)8-11-3-2-6-17-9-11/h2-7,9,15,18H,1,8H2,(H,19,20)(H,21,22). The van der Waals surface area contributed by atoms with Gasteiger partial charge in [0.1, 0.15) is 0 Å². The fraction of sp³-hybridized carbons (Fsp3) is 0.188.